The fourth-order valence-electron chi connectivity index (χ4n) is 4.32. The Bertz CT molecular complexity index is 1430. The lowest BCUT2D eigenvalue weighted by atomic mass is 10.1. The van der Waals surface area contributed by atoms with Crippen LogP contribution in [0.4, 0.5) is 4.39 Å². The highest BCUT2D eigenvalue weighted by Gasteiger charge is 2.29. The molecule has 3 aromatic carbocycles. The standard InChI is InChI=1S/C28H28FN3O2/c1-5-25(31(6-2)27(33)20-10-9-11-21(29)17-20)26-30-24-13-8-7-12-23(24)28(34)32(26)22-15-14-18(3)19(4)16-22/h7-17,25H,5-6H2,1-4H3. The van der Waals surface area contributed by atoms with Gasteiger partial charge in [0.2, 0.25) is 0 Å². The van der Waals surface area contributed by atoms with Crippen molar-refractivity contribution in [1.29, 1.82) is 0 Å². The molecule has 0 aliphatic rings. The smallest absolute Gasteiger partial charge is 0.266 e. The zero-order valence-electron chi connectivity index (χ0n) is 19.9. The average Bonchev–Trinajstić information content (AvgIpc) is 2.84. The van der Waals surface area contributed by atoms with E-state index in [1.807, 2.05) is 64.1 Å². The van der Waals surface area contributed by atoms with Crippen LogP contribution in [0.5, 0.6) is 0 Å². The van der Waals surface area contributed by atoms with Crippen LogP contribution in [0.1, 0.15) is 53.6 Å². The van der Waals surface area contributed by atoms with Gasteiger partial charge in [0, 0.05) is 12.1 Å². The second kappa shape index (κ2) is 9.59. The topological polar surface area (TPSA) is 55.2 Å². The van der Waals surface area contributed by atoms with Crippen molar-refractivity contribution >= 4 is 16.8 Å². The third kappa shape index (κ3) is 4.23. The summed E-state index contributed by atoms with van der Waals surface area (Å²) in [5, 5.41) is 0.513. The Hall–Kier alpha value is -3.80. The third-order valence-electron chi connectivity index (χ3n) is 6.28. The molecule has 1 heterocycles. The molecule has 0 spiro atoms. The number of fused-ring (bicyclic) bond motifs is 1. The van der Waals surface area contributed by atoms with Crippen molar-refractivity contribution in [3.63, 3.8) is 0 Å². The molecular weight excluding hydrogens is 429 g/mol. The van der Waals surface area contributed by atoms with Gasteiger partial charge in [0.05, 0.1) is 22.6 Å². The number of aryl methyl sites for hydroxylation is 2. The Kier molecular flexibility index (Phi) is 6.59. The lowest BCUT2D eigenvalue weighted by Crippen LogP contribution is -2.38. The van der Waals surface area contributed by atoms with Crippen molar-refractivity contribution < 1.29 is 9.18 Å². The van der Waals surface area contributed by atoms with E-state index in [0.29, 0.717) is 35.4 Å². The number of hydrogen-bond acceptors (Lipinski definition) is 3. The summed E-state index contributed by atoms with van der Waals surface area (Å²) in [6.07, 6.45) is 0.532. The molecule has 0 N–H and O–H groups in total. The van der Waals surface area contributed by atoms with Gasteiger partial charge < -0.3 is 4.90 Å². The van der Waals surface area contributed by atoms with Crippen molar-refractivity contribution in [2.24, 2.45) is 0 Å². The molecule has 0 saturated heterocycles. The van der Waals surface area contributed by atoms with Crippen LogP contribution in [0.25, 0.3) is 16.6 Å². The van der Waals surface area contributed by atoms with Crippen molar-refractivity contribution in [2.75, 3.05) is 6.54 Å². The van der Waals surface area contributed by atoms with Gasteiger partial charge in [-0.3, -0.25) is 14.2 Å². The molecule has 1 unspecified atom stereocenters. The molecule has 1 aromatic heterocycles. The average molecular weight is 458 g/mol. The van der Waals surface area contributed by atoms with E-state index < -0.39 is 11.9 Å². The summed E-state index contributed by atoms with van der Waals surface area (Å²) in [4.78, 5) is 33.7. The molecule has 1 amide bonds. The van der Waals surface area contributed by atoms with Gasteiger partial charge in [-0.2, -0.15) is 0 Å². The summed E-state index contributed by atoms with van der Waals surface area (Å²) >= 11 is 0. The highest BCUT2D eigenvalue weighted by molar-refractivity contribution is 5.94. The van der Waals surface area contributed by atoms with Crippen LogP contribution in [-0.2, 0) is 0 Å². The highest BCUT2D eigenvalue weighted by Crippen LogP contribution is 2.28. The maximum absolute atomic E-state index is 13.9. The number of carbonyl (C=O) groups is 1. The molecule has 6 heteroatoms. The molecule has 0 aliphatic heterocycles. The molecule has 34 heavy (non-hydrogen) atoms. The fourth-order valence-corrected chi connectivity index (χ4v) is 4.32. The van der Waals surface area contributed by atoms with Crippen LogP contribution in [0.3, 0.4) is 0 Å². The third-order valence-corrected chi connectivity index (χ3v) is 6.28. The predicted octanol–water partition coefficient (Wildman–Crippen LogP) is 5.76. The molecule has 0 saturated carbocycles. The molecular formula is C28H28FN3O2. The molecule has 5 nitrogen and oxygen atoms in total. The quantitative estimate of drug-likeness (QED) is 0.370. The Morgan fingerprint density at radius 3 is 2.44 bits per heavy atom. The summed E-state index contributed by atoms with van der Waals surface area (Å²) in [5.41, 5.74) is 3.54. The Morgan fingerprint density at radius 1 is 1.00 bits per heavy atom. The highest BCUT2D eigenvalue weighted by atomic mass is 19.1. The van der Waals surface area contributed by atoms with Gasteiger partial charge in [0.1, 0.15) is 11.6 Å². The largest absolute Gasteiger partial charge is 0.329 e. The van der Waals surface area contributed by atoms with Crippen LogP contribution in [0.2, 0.25) is 0 Å². The van der Waals surface area contributed by atoms with E-state index in [0.717, 1.165) is 11.1 Å². The first-order chi connectivity index (χ1) is 16.3. The van der Waals surface area contributed by atoms with Gasteiger partial charge in [0.25, 0.3) is 11.5 Å². The molecule has 4 rings (SSSR count). The van der Waals surface area contributed by atoms with E-state index in [1.54, 1.807) is 21.6 Å². The van der Waals surface area contributed by atoms with E-state index >= 15 is 0 Å². The van der Waals surface area contributed by atoms with Crippen LogP contribution < -0.4 is 5.56 Å². The van der Waals surface area contributed by atoms with E-state index in [2.05, 4.69) is 0 Å². The van der Waals surface area contributed by atoms with Gasteiger partial charge in [0.15, 0.2) is 0 Å². The van der Waals surface area contributed by atoms with E-state index in [9.17, 15) is 14.0 Å². The molecule has 0 aliphatic carbocycles. The van der Waals surface area contributed by atoms with Crippen LogP contribution in [0, 0.1) is 19.7 Å². The first-order valence-electron chi connectivity index (χ1n) is 11.5. The van der Waals surface area contributed by atoms with Crippen molar-refractivity contribution in [3.05, 3.63) is 105 Å². The zero-order chi connectivity index (χ0) is 24.4. The van der Waals surface area contributed by atoms with Crippen molar-refractivity contribution in [3.8, 4) is 5.69 Å². The second-order valence-electron chi connectivity index (χ2n) is 8.42. The minimum Gasteiger partial charge on any atom is -0.329 e. The predicted molar refractivity (Wildman–Crippen MR) is 133 cm³/mol. The second-order valence-corrected chi connectivity index (χ2v) is 8.42. The van der Waals surface area contributed by atoms with E-state index in [1.165, 1.54) is 18.2 Å². The summed E-state index contributed by atoms with van der Waals surface area (Å²) in [7, 11) is 0. The van der Waals surface area contributed by atoms with Gasteiger partial charge >= 0.3 is 0 Å². The lowest BCUT2D eigenvalue weighted by molar-refractivity contribution is 0.0671. The van der Waals surface area contributed by atoms with Gasteiger partial charge in [-0.15, -0.1) is 0 Å². The van der Waals surface area contributed by atoms with Gasteiger partial charge in [-0.05, 0) is 80.8 Å². The molecule has 0 fully saturated rings. The van der Waals surface area contributed by atoms with Crippen molar-refractivity contribution in [2.45, 2.75) is 40.2 Å². The monoisotopic (exact) mass is 457 g/mol. The lowest BCUT2D eigenvalue weighted by Gasteiger charge is -2.31. The summed E-state index contributed by atoms with van der Waals surface area (Å²) in [6, 6.07) is 18.3. The first-order valence-corrected chi connectivity index (χ1v) is 11.5. The molecule has 1 atom stereocenters. The maximum atomic E-state index is 13.9. The Balaban J connectivity index is 1.95. The summed E-state index contributed by atoms with van der Waals surface area (Å²) < 4.78 is 15.5. The molecule has 4 aromatic rings. The number of amides is 1. The number of aromatic nitrogens is 2. The fraction of sp³-hybridized carbons (Fsp3) is 0.250. The minimum atomic E-state index is -0.486. The summed E-state index contributed by atoms with van der Waals surface area (Å²) in [5.74, 6) is -0.283. The number of rotatable bonds is 6. The number of benzene rings is 3. The zero-order valence-corrected chi connectivity index (χ0v) is 19.9. The molecule has 0 bridgehead atoms. The van der Waals surface area contributed by atoms with Gasteiger partial charge in [-0.1, -0.05) is 31.2 Å². The molecule has 174 valence electrons. The van der Waals surface area contributed by atoms with Crippen LogP contribution in [-0.4, -0.2) is 26.9 Å². The number of carbonyl (C=O) groups excluding carboxylic acids is 1. The number of halogens is 1. The Morgan fingerprint density at radius 2 is 1.76 bits per heavy atom. The number of nitrogens with zero attached hydrogens (tertiary/aromatic N) is 3. The normalized spacial score (nSPS) is 12.0. The maximum Gasteiger partial charge on any atom is 0.266 e. The SMILES string of the molecule is CCC(c1nc2ccccc2c(=O)n1-c1ccc(C)c(C)c1)N(CC)C(=O)c1cccc(F)c1. The molecule has 0 radical (unpaired) electrons. The Labute approximate surface area is 198 Å². The van der Waals surface area contributed by atoms with E-state index in [4.69, 9.17) is 4.98 Å². The van der Waals surface area contributed by atoms with Crippen LogP contribution in [0.15, 0.2) is 71.5 Å². The van der Waals surface area contributed by atoms with Crippen molar-refractivity contribution in [1.82, 2.24) is 14.5 Å². The number of para-hydroxylation sites is 1. The number of hydrogen-bond donors (Lipinski definition) is 0. The minimum absolute atomic E-state index is 0.184. The van der Waals surface area contributed by atoms with E-state index in [-0.39, 0.29) is 17.0 Å². The first kappa shape index (κ1) is 23.4. The summed E-state index contributed by atoms with van der Waals surface area (Å²) in [6.45, 7) is 8.23. The van der Waals surface area contributed by atoms with Crippen LogP contribution >= 0.6 is 0 Å². The van der Waals surface area contributed by atoms with Gasteiger partial charge in [-0.25, -0.2) is 9.37 Å².